The summed E-state index contributed by atoms with van der Waals surface area (Å²) in [7, 11) is 0. The quantitative estimate of drug-likeness (QED) is 0.555. The van der Waals surface area contributed by atoms with E-state index < -0.39 is 4.92 Å². The fourth-order valence-electron chi connectivity index (χ4n) is 2.47. The summed E-state index contributed by atoms with van der Waals surface area (Å²) >= 11 is 1.32. The maximum Gasteiger partial charge on any atom is 0.270 e. The number of hydrogen-bond donors (Lipinski definition) is 1. The molecule has 1 atom stereocenters. The molecule has 0 aliphatic rings. The normalized spacial score (nSPS) is 12.3. The number of fused-ring (bicyclic) bond motifs is 1. The van der Waals surface area contributed by atoms with Gasteiger partial charge in [0.25, 0.3) is 11.6 Å². The molecular weight excluding hydrogens is 340 g/mol. The zero-order chi connectivity index (χ0) is 18.1. The highest BCUT2D eigenvalue weighted by atomic mass is 32.1. The minimum atomic E-state index is -0.426. The number of aryl methyl sites for hydroxylation is 1. The van der Waals surface area contributed by atoms with Crippen LogP contribution in [-0.2, 0) is 0 Å². The topological polar surface area (TPSA) is 89.5 Å². The van der Waals surface area contributed by atoms with Crippen molar-refractivity contribution in [2.24, 2.45) is 0 Å². The van der Waals surface area contributed by atoms with Crippen molar-refractivity contribution in [1.29, 1.82) is 0 Å². The van der Waals surface area contributed by atoms with E-state index in [1.165, 1.54) is 23.5 Å². The number of benzene rings is 1. The van der Waals surface area contributed by atoms with E-state index in [1.54, 1.807) is 18.3 Å². The Morgan fingerprint density at radius 2 is 2.24 bits per heavy atom. The lowest BCUT2D eigenvalue weighted by Crippen LogP contribution is -2.31. The Bertz CT molecular complexity index is 960. The minimum absolute atomic E-state index is 0.0270. The van der Waals surface area contributed by atoms with E-state index in [0.29, 0.717) is 21.1 Å². The highest BCUT2D eigenvalue weighted by Crippen LogP contribution is 2.28. The van der Waals surface area contributed by atoms with Gasteiger partial charge >= 0.3 is 0 Å². The average Bonchev–Trinajstić information content (AvgIpc) is 3.14. The molecule has 3 aromatic rings. The van der Waals surface area contributed by atoms with Crippen LogP contribution in [0.2, 0.25) is 0 Å². The maximum atomic E-state index is 12.4. The number of rotatable bonds is 5. The fourth-order valence-corrected chi connectivity index (χ4v) is 3.48. The van der Waals surface area contributed by atoms with E-state index in [1.807, 2.05) is 25.2 Å². The molecule has 2 heterocycles. The summed E-state index contributed by atoms with van der Waals surface area (Å²) in [6, 6.07) is 6.48. The number of carbonyl (C=O) groups is 1. The molecule has 0 radical (unpaired) electrons. The lowest BCUT2D eigenvalue weighted by atomic mass is 10.1. The minimum Gasteiger partial charge on any atom is -0.349 e. The van der Waals surface area contributed by atoms with Crippen molar-refractivity contribution < 1.29 is 9.72 Å². The summed E-state index contributed by atoms with van der Waals surface area (Å²) in [6.07, 6.45) is 2.67. The molecule has 0 aliphatic carbocycles. The van der Waals surface area contributed by atoms with Crippen LogP contribution in [0.25, 0.3) is 16.2 Å². The molecule has 0 bridgehead atoms. The summed E-state index contributed by atoms with van der Waals surface area (Å²) in [5.74, 6) is -0.0979. The number of non-ortho nitro benzene ring substituents is 1. The second-order valence-electron chi connectivity index (χ2n) is 5.89. The SMILES string of the molecule is CCC(C)NC(=O)c1sc2nc(-c3cccc([N+](=O)[O-])c3)cn2c1C. The molecule has 3 rings (SSSR count). The van der Waals surface area contributed by atoms with Crippen LogP contribution in [0.15, 0.2) is 30.5 Å². The van der Waals surface area contributed by atoms with E-state index in [0.717, 1.165) is 12.1 Å². The second-order valence-corrected chi connectivity index (χ2v) is 6.86. The number of nitro groups is 1. The number of nitrogens with zero attached hydrogens (tertiary/aromatic N) is 3. The molecule has 8 heteroatoms. The third-order valence-corrected chi connectivity index (χ3v) is 5.26. The molecule has 1 unspecified atom stereocenters. The van der Waals surface area contributed by atoms with Crippen LogP contribution in [0.1, 0.15) is 35.6 Å². The van der Waals surface area contributed by atoms with Crippen LogP contribution in [0, 0.1) is 17.0 Å². The van der Waals surface area contributed by atoms with Crippen LogP contribution in [0.4, 0.5) is 5.69 Å². The van der Waals surface area contributed by atoms with Crippen LogP contribution in [0.5, 0.6) is 0 Å². The number of imidazole rings is 1. The molecule has 130 valence electrons. The van der Waals surface area contributed by atoms with Crippen molar-refractivity contribution in [3.05, 3.63) is 51.1 Å². The number of carbonyl (C=O) groups excluding carboxylic acids is 1. The van der Waals surface area contributed by atoms with Gasteiger partial charge in [-0.25, -0.2) is 4.98 Å². The first-order valence-corrected chi connectivity index (χ1v) is 8.76. The van der Waals surface area contributed by atoms with Gasteiger partial charge in [0, 0.05) is 35.6 Å². The van der Waals surface area contributed by atoms with Crippen molar-refractivity contribution in [3.8, 4) is 11.3 Å². The predicted octanol–water partition coefficient (Wildman–Crippen LogP) is 3.81. The van der Waals surface area contributed by atoms with Crippen LogP contribution >= 0.6 is 11.3 Å². The highest BCUT2D eigenvalue weighted by Gasteiger charge is 2.19. The molecular formula is C17H18N4O3S. The third-order valence-electron chi connectivity index (χ3n) is 4.11. The zero-order valence-corrected chi connectivity index (χ0v) is 15.0. The molecule has 7 nitrogen and oxygen atoms in total. The van der Waals surface area contributed by atoms with Gasteiger partial charge in [0.1, 0.15) is 4.88 Å². The Kier molecular flexibility index (Phi) is 4.54. The lowest BCUT2D eigenvalue weighted by molar-refractivity contribution is -0.384. The summed E-state index contributed by atoms with van der Waals surface area (Å²) in [5.41, 5.74) is 2.16. The Balaban J connectivity index is 1.96. The van der Waals surface area contributed by atoms with Crippen LogP contribution in [0.3, 0.4) is 0 Å². The van der Waals surface area contributed by atoms with Gasteiger partial charge < -0.3 is 5.32 Å². The number of hydrogen-bond acceptors (Lipinski definition) is 5. The molecule has 1 amide bonds. The van der Waals surface area contributed by atoms with Crippen LogP contribution < -0.4 is 5.32 Å². The van der Waals surface area contributed by atoms with E-state index in [2.05, 4.69) is 10.3 Å². The van der Waals surface area contributed by atoms with E-state index in [4.69, 9.17) is 0 Å². The molecule has 25 heavy (non-hydrogen) atoms. The molecule has 0 spiro atoms. The van der Waals surface area contributed by atoms with Gasteiger partial charge in [0.05, 0.1) is 10.6 Å². The Morgan fingerprint density at radius 1 is 1.48 bits per heavy atom. The van der Waals surface area contributed by atoms with E-state index >= 15 is 0 Å². The van der Waals surface area contributed by atoms with Crippen molar-refractivity contribution >= 4 is 27.9 Å². The molecule has 0 saturated carbocycles. The van der Waals surface area contributed by atoms with E-state index in [9.17, 15) is 14.9 Å². The van der Waals surface area contributed by atoms with Gasteiger partial charge in [-0.05, 0) is 20.3 Å². The van der Waals surface area contributed by atoms with Crippen molar-refractivity contribution in [1.82, 2.24) is 14.7 Å². The van der Waals surface area contributed by atoms with Gasteiger partial charge in [0.2, 0.25) is 0 Å². The summed E-state index contributed by atoms with van der Waals surface area (Å²) in [6.45, 7) is 5.85. The number of thiazole rings is 1. The Hall–Kier alpha value is -2.74. The van der Waals surface area contributed by atoms with Crippen LogP contribution in [-0.4, -0.2) is 26.3 Å². The highest BCUT2D eigenvalue weighted by molar-refractivity contribution is 7.19. The largest absolute Gasteiger partial charge is 0.349 e. The molecule has 2 aromatic heterocycles. The molecule has 1 N–H and O–H groups in total. The van der Waals surface area contributed by atoms with Crippen molar-refractivity contribution in [2.75, 3.05) is 0 Å². The summed E-state index contributed by atoms with van der Waals surface area (Å²) in [5, 5.41) is 13.9. The van der Waals surface area contributed by atoms with E-state index in [-0.39, 0.29) is 17.6 Å². The fraction of sp³-hybridized carbons (Fsp3) is 0.294. The third kappa shape index (κ3) is 3.25. The van der Waals surface area contributed by atoms with Crippen molar-refractivity contribution in [2.45, 2.75) is 33.2 Å². The predicted molar refractivity (Wildman–Crippen MR) is 97.1 cm³/mol. The summed E-state index contributed by atoms with van der Waals surface area (Å²) < 4.78 is 1.85. The zero-order valence-electron chi connectivity index (χ0n) is 14.1. The molecule has 0 saturated heterocycles. The number of nitro benzene ring substituents is 1. The second kappa shape index (κ2) is 6.64. The van der Waals surface area contributed by atoms with Gasteiger partial charge in [-0.2, -0.15) is 0 Å². The maximum absolute atomic E-state index is 12.4. The first-order chi connectivity index (χ1) is 11.9. The van der Waals surface area contributed by atoms with Gasteiger partial charge in [-0.15, -0.1) is 0 Å². The molecule has 0 aliphatic heterocycles. The standard InChI is InChI=1S/C17H18N4O3S/c1-4-10(2)18-16(22)15-11(3)20-9-14(19-17(20)25-15)12-6-5-7-13(8-12)21(23)24/h5-10H,4H2,1-3H3,(H,18,22). The average molecular weight is 358 g/mol. The monoisotopic (exact) mass is 358 g/mol. The molecule has 0 fully saturated rings. The Labute approximate surface area is 148 Å². The van der Waals surface area contributed by atoms with Gasteiger partial charge in [0.15, 0.2) is 4.96 Å². The number of nitrogens with one attached hydrogen (secondary N) is 1. The van der Waals surface area contributed by atoms with Gasteiger partial charge in [-0.1, -0.05) is 30.4 Å². The number of aromatic nitrogens is 2. The Morgan fingerprint density at radius 3 is 2.88 bits per heavy atom. The smallest absolute Gasteiger partial charge is 0.270 e. The first kappa shape index (κ1) is 17.1. The number of amides is 1. The first-order valence-electron chi connectivity index (χ1n) is 7.95. The lowest BCUT2D eigenvalue weighted by Gasteiger charge is -2.10. The van der Waals surface area contributed by atoms with Gasteiger partial charge in [-0.3, -0.25) is 19.3 Å². The summed E-state index contributed by atoms with van der Waals surface area (Å²) in [4.78, 5) is 28.7. The van der Waals surface area contributed by atoms with Crippen molar-refractivity contribution in [3.63, 3.8) is 0 Å². The molecule has 1 aromatic carbocycles.